The number of methoxy groups -OCH3 is 2. The van der Waals surface area contributed by atoms with E-state index in [1.807, 2.05) is 0 Å². The zero-order chi connectivity index (χ0) is 18.7. The number of rotatable bonds is 5. The predicted octanol–water partition coefficient (Wildman–Crippen LogP) is 3.32. The molecule has 3 aromatic rings. The fourth-order valence-electron chi connectivity index (χ4n) is 2.39. The minimum Gasteiger partial charge on any atom is -0.496 e. The third kappa shape index (κ3) is 3.47. The lowest BCUT2D eigenvalue weighted by atomic mass is 9.98. The van der Waals surface area contributed by atoms with Crippen LogP contribution in [0.25, 0.3) is 11.1 Å². The van der Waals surface area contributed by atoms with Crippen LogP contribution >= 0.6 is 11.3 Å². The maximum atomic E-state index is 14.5. The molecule has 0 spiro atoms. The number of nitrogens with one attached hydrogen (secondary N) is 1. The van der Waals surface area contributed by atoms with E-state index in [0.29, 0.717) is 22.2 Å². The number of aromatic nitrogens is 3. The number of amides is 1. The molecule has 26 heavy (non-hydrogen) atoms. The molecule has 0 fully saturated rings. The van der Waals surface area contributed by atoms with Gasteiger partial charge in [0, 0.05) is 17.5 Å². The van der Waals surface area contributed by atoms with Crippen molar-refractivity contribution in [3.8, 4) is 22.1 Å². The first-order valence-electron chi connectivity index (χ1n) is 7.52. The van der Waals surface area contributed by atoms with Crippen LogP contribution in [0.1, 0.15) is 16.1 Å². The summed E-state index contributed by atoms with van der Waals surface area (Å²) in [6, 6.07) is 6.12. The van der Waals surface area contributed by atoms with Crippen molar-refractivity contribution in [1.82, 2.24) is 15.2 Å². The maximum Gasteiger partial charge on any atom is 0.295 e. The van der Waals surface area contributed by atoms with Gasteiger partial charge < -0.3 is 9.47 Å². The van der Waals surface area contributed by atoms with Gasteiger partial charge in [-0.3, -0.25) is 15.1 Å². The molecule has 0 atom stereocenters. The number of carbonyl (C=O) groups is 1. The molecule has 3 rings (SSSR count). The molecule has 7 nitrogen and oxygen atoms in total. The molecule has 1 N–H and O–H groups in total. The van der Waals surface area contributed by atoms with E-state index in [1.165, 1.54) is 26.5 Å². The summed E-state index contributed by atoms with van der Waals surface area (Å²) in [6.07, 6.45) is 1.39. The second kappa shape index (κ2) is 7.44. The SMILES string of the molecule is COc1nnc(NC(=O)c2cnc(C)cc2-c2c(F)cccc2OC)s1. The standard InChI is InChI=1S/C17H15FN4O3S/c1-9-7-10(14-12(18)5-4-6-13(14)24-2)11(8-19-9)15(23)20-16-21-22-17(25-3)26-16/h4-8H,1-3H3,(H,20,21,23). The van der Waals surface area contributed by atoms with Crippen LogP contribution < -0.4 is 14.8 Å². The van der Waals surface area contributed by atoms with E-state index in [-0.39, 0.29) is 16.3 Å². The molecule has 0 bridgehead atoms. The summed E-state index contributed by atoms with van der Waals surface area (Å²) < 4.78 is 24.7. The first-order chi connectivity index (χ1) is 12.5. The van der Waals surface area contributed by atoms with Gasteiger partial charge in [-0.2, -0.15) is 0 Å². The van der Waals surface area contributed by atoms with Gasteiger partial charge in [-0.1, -0.05) is 11.2 Å². The summed E-state index contributed by atoms with van der Waals surface area (Å²) >= 11 is 1.08. The Kier molecular flexibility index (Phi) is 5.08. The fourth-order valence-corrected chi connectivity index (χ4v) is 2.95. The number of benzene rings is 1. The monoisotopic (exact) mass is 374 g/mol. The highest BCUT2D eigenvalue weighted by Crippen LogP contribution is 2.35. The van der Waals surface area contributed by atoms with Crippen LogP contribution in [0.4, 0.5) is 9.52 Å². The molecule has 2 aromatic heterocycles. The summed E-state index contributed by atoms with van der Waals surface area (Å²) in [7, 11) is 2.90. The van der Waals surface area contributed by atoms with Crippen LogP contribution in [0.3, 0.4) is 0 Å². The van der Waals surface area contributed by atoms with E-state index in [9.17, 15) is 9.18 Å². The van der Waals surface area contributed by atoms with E-state index < -0.39 is 11.7 Å². The van der Waals surface area contributed by atoms with Gasteiger partial charge in [0.05, 0.1) is 25.3 Å². The minimum atomic E-state index is -0.499. The minimum absolute atomic E-state index is 0.188. The lowest BCUT2D eigenvalue weighted by Gasteiger charge is -2.14. The number of anilines is 1. The van der Waals surface area contributed by atoms with Gasteiger partial charge in [-0.05, 0) is 36.5 Å². The molecule has 0 saturated heterocycles. The van der Waals surface area contributed by atoms with Crippen molar-refractivity contribution in [2.75, 3.05) is 19.5 Å². The highest BCUT2D eigenvalue weighted by Gasteiger charge is 2.21. The molecule has 9 heteroatoms. The number of hydrogen-bond acceptors (Lipinski definition) is 7. The van der Waals surface area contributed by atoms with Crippen LogP contribution in [0.5, 0.6) is 10.9 Å². The van der Waals surface area contributed by atoms with E-state index in [0.717, 1.165) is 11.3 Å². The van der Waals surface area contributed by atoms with E-state index in [1.54, 1.807) is 25.1 Å². The molecule has 2 heterocycles. The number of pyridine rings is 1. The fraction of sp³-hybridized carbons (Fsp3) is 0.176. The van der Waals surface area contributed by atoms with Crippen molar-refractivity contribution in [2.45, 2.75) is 6.92 Å². The molecule has 0 saturated carbocycles. The summed E-state index contributed by atoms with van der Waals surface area (Å²) in [5.41, 5.74) is 1.40. The van der Waals surface area contributed by atoms with E-state index in [4.69, 9.17) is 9.47 Å². The lowest BCUT2D eigenvalue weighted by molar-refractivity contribution is 0.102. The van der Waals surface area contributed by atoms with Crippen LogP contribution in [-0.2, 0) is 0 Å². The van der Waals surface area contributed by atoms with Crippen LogP contribution in [0.15, 0.2) is 30.5 Å². The van der Waals surface area contributed by atoms with Crippen molar-refractivity contribution in [1.29, 1.82) is 0 Å². The Morgan fingerprint density at radius 1 is 1.23 bits per heavy atom. The molecular formula is C17H15FN4O3S. The van der Waals surface area contributed by atoms with Gasteiger partial charge >= 0.3 is 0 Å². The molecule has 0 unspecified atom stereocenters. The molecule has 0 aliphatic rings. The average Bonchev–Trinajstić information content (AvgIpc) is 3.08. The molecule has 1 amide bonds. The summed E-state index contributed by atoms with van der Waals surface area (Å²) in [4.78, 5) is 16.9. The zero-order valence-electron chi connectivity index (χ0n) is 14.2. The molecule has 0 radical (unpaired) electrons. The Bertz CT molecular complexity index is 961. The maximum absolute atomic E-state index is 14.5. The molecule has 0 aliphatic carbocycles. The van der Waals surface area contributed by atoms with Gasteiger partial charge in [0.1, 0.15) is 11.6 Å². The molecule has 134 valence electrons. The van der Waals surface area contributed by atoms with Crippen LogP contribution in [0.2, 0.25) is 0 Å². The lowest BCUT2D eigenvalue weighted by Crippen LogP contribution is -2.14. The Balaban J connectivity index is 2.05. The predicted molar refractivity (Wildman–Crippen MR) is 95.3 cm³/mol. The highest BCUT2D eigenvalue weighted by molar-refractivity contribution is 7.17. The van der Waals surface area contributed by atoms with Crippen LogP contribution in [-0.4, -0.2) is 35.3 Å². The Morgan fingerprint density at radius 2 is 2.04 bits per heavy atom. The quantitative estimate of drug-likeness (QED) is 0.737. The second-order valence-electron chi connectivity index (χ2n) is 5.22. The normalized spacial score (nSPS) is 10.5. The van der Waals surface area contributed by atoms with Gasteiger partial charge in [0.15, 0.2) is 0 Å². The largest absolute Gasteiger partial charge is 0.496 e. The topological polar surface area (TPSA) is 86.2 Å². The number of aryl methyl sites for hydroxylation is 1. The van der Waals surface area contributed by atoms with Gasteiger partial charge in [-0.15, -0.1) is 5.10 Å². The number of nitrogens with zero attached hydrogens (tertiary/aromatic N) is 3. The highest BCUT2D eigenvalue weighted by atomic mass is 32.1. The van der Waals surface area contributed by atoms with E-state index in [2.05, 4.69) is 20.5 Å². The van der Waals surface area contributed by atoms with Crippen molar-refractivity contribution < 1.29 is 18.7 Å². The third-order valence-electron chi connectivity index (χ3n) is 3.55. The first-order valence-corrected chi connectivity index (χ1v) is 8.33. The molecular weight excluding hydrogens is 359 g/mol. The number of carbonyl (C=O) groups excluding carboxylic acids is 1. The van der Waals surface area contributed by atoms with Crippen molar-refractivity contribution >= 4 is 22.4 Å². The van der Waals surface area contributed by atoms with Crippen LogP contribution in [0, 0.1) is 12.7 Å². The van der Waals surface area contributed by atoms with Crippen molar-refractivity contribution in [3.05, 3.63) is 47.5 Å². The molecule has 0 aliphatic heterocycles. The van der Waals surface area contributed by atoms with Gasteiger partial charge in [0.2, 0.25) is 5.13 Å². The van der Waals surface area contributed by atoms with Crippen molar-refractivity contribution in [3.63, 3.8) is 0 Å². The van der Waals surface area contributed by atoms with Gasteiger partial charge in [0.25, 0.3) is 11.1 Å². The van der Waals surface area contributed by atoms with Gasteiger partial charge in [-0.25, -0.2) is 4.39 Å². The van der Waals surface area contributed by atoms with E-state index >= 15 is 0 Å². The Morgan fingerprint density at radius 3 is 2.73 bits per heavy atom. The smallest absolute Gasteiger partial charge is 0.295 e. The number of halogens is 1. The number of ether oxygens (including phenoxy) is 2. The number of hydrogen-bond donors (Lipinski definition) is 1. The Hall–Kier alpha value is -3.07. The summed E-state index contributed by atoms with van der Waals surface area (Å²) in [5, 5.41) is 10.8. The summed E-state index contributed by atoms with van der Waals surface area (Å²) in [6.45, 7) is 1.76. The van der Waals surface area contributed by atoms with Crippen molar-refractivity contribution in [2.24, 2.45) is 0 Å². The Labute approximate surface area is 152 Å². The molecule has 1 aromatic carbocycles. The zero-order valence-corrected chi connectivity index (χ0v) is 15.1. The average molecular weight is 374 g/mol. The third-order valence-corrected chi connectivity index (χ3v) is 4.35. The second-order valence-corrected chi connectivity index (χ2v) is 6.16. The first kappa shape index (κ1) is 17.7. The summed E-state index contributed by atoms with van der Waals surface area (Å²) in [5.74, 6) is -0.666.